The molecule has 1 saturated heterocycles. The van der Waals surface area contributed by atoms with Crippen LogP contribution in [-0.4, -0.2) is 57.3 Å². The van der Waals surface area contributed by atoms with Crippen molar-refractivity contribution in [3.8, 4) is 0 Å². The van der Waals surface area contributed by atoms with Gasteiger partial charge in [-0.2, -0.15) is 8.42 Å². The van der Waals surface area contributed by atoms with Crippen LogP contribution in [0.4, 0.5) is 0 Å². The van der Waals surface area contributed by atoms with Gasteiger partial charge in [0.05, 0.1) is 19.5 Å². The average Bonchev–Trinajstić information content (AvgIpc) is 2.88. The second-order valence-corrected chi connectivity index (χ2v) is 6.62. The fraction of sp³-hybridized carbons (Fsp3) is 0.429. The van der Waals surface area contributed by atoms with Crippen molar-refractivity contribution in [2.75, 3.05) is 19.9 Å². The van der Waals surface area contributed by atoms with Crippen LogP contribution >= 0.6 is 0 Å². The molecular weight excluding hydrogens is 310 g/mol. The number of amides is 1. The van der Waals surface area contributed by atoms with Crippen LogP contribution in [-0.2, 0) is 23.8 Å². The predicted molar refractivity (Wildman–Crippen MR) is 77.6 cm³/mol. The minimum absolute atomic E-state index is 0.0144. The van der Waals surface area contributed by atoms with Gasteiger partial charge in [0.15, 0.2) is 0 Å². The third-order valence-corrected chi connectivity index (χ3v) is 3.95. The first-order valence-corrected chi connectivity index (χ1v) is 8.45. The monoisotopic (exact) mass is 327 g/mol. The standard InChI is InChI=1S/C14H17NO6S/c1-20-14(17)12-8-11(21-22(2,18)19)9-15(12)13(16)10-6-4-3-5-7-10/h3-7,11-12H,8-9H2,1-2H3/t11-,12+/m1/s1. The molecule has 120 valence electrons. The van der Waals surface area contributed by atoms with Crippen LogP contribution in [0.1, 0.15) is 16.8 Å². The maximum atomic E-state index is 12.5. The number of esters is 1. The van der Waals surface area contributed by atoms with E-state index >= 15 is 0 Å². The van der Waals surface area contributed by atoms with Gasteiger partial charge in [0.2, 0.25) is 0 Å². The first-order chi connectivity index (χ1) is 10.3. The Bertz CT molecular complexity index is 657. The Morgan fingerprint density at radius 2 is 1.86 bits per heavy atom. The number of hydrogen-bond acceptors (Lipinski definition) is 6. The molecule has 2 atom stereocenters. The molecule has 2 rings (SSSR count). The number of carbonyl (C=O) groups excluding carboxylic acids is 2. The Hall–Kier alpha value is -1.93. The molecule has 0 unspecified atom stereocenters. The van der Waals surface area contributed by atoms with Crippen molar-refractivity contribution in [2.45, 2.75) is 18.6 Å². The first-order valence-electron chi connectivity index (χ1n) is 6.64. The van der Waals surface area contributed by atoms with Gasteiger partial charge in [-0.1, -0.05) is 18.2 Å². The molecular formula is C14H17NO6S. The quantitative estimate of drug-likeness (QED) is 0.588. The van der Waals surface area contributed by atoms with Gasteiger partial charge >= 0.3 is 5.97 Å². The molecule has 22 heavy (non-hydrogen) atoms. The van der Waals surface area contributed by atoms with Crippen LogP contribution in [0.15, 0.2) is 30.3 Å². The summed E-state index contributed by atoms with van der Waals surface area (Å²) in [5.74, 6) is -0.959. The number of benzene rings is 1. The summed E-state index contributed by atoms with van der Waals surface area (Å²) in [6.07, 6.45) is 0.256. The van der Waals surface area contributed by atoms with Gasteiger partial charge < -0.3 is 9.64 Å². The van der Waals surface area contributed by atoms with E-state index in [0.29, 0.717) is 5.56 Å². The molecule has 0 aliphatic carbocycles. The van der Waals surface area contributed by atoms with Crippen molar-refractivity contribution in [3.05, 3.63) is 35.9 Å². The highest BCUT2D eigenvalue weighted by Gasteiger charge is 2.42. The summed E-state index contributed by atoms with van der Waals surface area (Å²) >= 11 is 0. The van der Waals surface area contributed by atoms with Gasteiger partial charge in [-0.15, -0.1) is 0 Å². The highest BCUT2D eigenvalue weighted by molar-refractivity contribution is 7.86. The van der Waals surface area contributed by atoms with E-state index < -0.39 is 28.2 Å². The molecule has 1 aromatic rings. The van der Waals surface area contributed by atoms with Crippen molar-refractivity contribution in [2.24, 2.45) is 0 Å². The fourth-order valence-electron chi connectivity index (χ4n) is 2.44. The van der Waals surface area contributed by atoms with E-state index in [9.17, 15) is 18.0 Å². The molecule has 1 aromatic carbocycles. The Labute approximate surface area is 128 Å². The lowest BCUT2D eigenvalue weighted by atomic mass is 10.1. The Balaban J connectivity index is 2.23. The second-order valence-electron chi connectivity index (χ2n) is 5.02. The van der Waals surface area contributed by atoms with Gasteiger partial charge in [0, 0.05) is 18.5 Å². The molecule has 8 heteroatoms. The zero-order chi connectivity index (χ0) is 16.3. The normalized spacial score (nSPS) is 21.6. The largest absolute Gasteiger partial charge is 0.467 e. The summed E-state index contributed by atoms with van der Waals surface area (Å²) in [5, 5.41) is 0. The summed E-state index contributed by atoms with van der Waals surface area (Å²) in [4.78, 5) is 25.6. The van der Waals surface area contributed by atoms with Crippen LogP contribution < -0.4 is 0 Å². The third kappa shape index (κ3) is 3.83. The molecule has 1 fully saturated rings. The van der Waals surface area contributed by atoms with E-state index in [4.69, 9.17) is 8.92 Å². The zero-order valence-corrected chi connectivity index (χ0v) is 13.1. The molecule has 0 aromatic heterocycles. The Kier molecular flexibility index (Phi) is 4.82. The summed E-state index contributed by atoms with van der Waals surface area (Å²) in [5.41, 5.74) is 0.413. The molecule has 1 aliphatic heterocycles. The Morgan fingerprint density at radius 3 is 2.41 bits per heavy atom. The fourth-order valence-corrected chi connectivity index (χ4v) is 3.08. The Morgan fingerprint density at radius 1 is 1.23 bits per heavy atom. The maximum Gasteiger partial charge on any atom is 0.328 e. The van der Waals surface area contributed by atoms with Crippen molar-refractivity contribution < 1.29 is 26.9 Å². The summed E-state index contributed by atoms with van der Waals surface area (Å²) in [7, 11) is -2.45. The highest BCUT2D eigenvalue weighted by Crippen LogP contribution is 2.24. The highest BCUT2D eigenvalue weighted by atomic mass is 32.2. The van der Waals surface area contributed by atoms with Gasteiger partial charge in [0.1, 0.15) is 6.04 Å². The number of ether oxygens (including phenoxy) is 1. The van der Waals surface area contributed by atoms with Gasteiger partial charge in [-0.3, -0.25) is 8.98 Å². The zero-order valence-electron chi connectivity index (χ0n) is 12.3. The number of methoxy groups -OCH3 is 1. The number of likely N-dealkylation sites (tertiary alicyclic amines) is 1. The van der Waals surface area contributed by atoms with Crippen molar-refractivity contribution >= 4 is 22.0 Å². The van der Waals surface area contributed by atoms with E-state index in [1.165, 1.54) is 12.0 Å². The van der Waals surface area contributed by atoms with Gasteiger partial charge in [-0.05, 0) is 12.1 Å². The SMILES string of the molecule is COC(=O)[C@@H]1C[C@@H](OS(C)(=O)=O)CN1C(=O)c1ccccc1. The van der Waals surface area contributed by atoms with Crippen LogP contribution in [0.5, 0.6) is 0 Å². The molecule has 1 amide bonds. The van der Waals surface area contributed by atoms with Crippen LogP contribution in [0.2, 0.25) is 0 Å². The average molecular weight is 327 g/mol. The lowest BCUT2D eigenvalue weighted by Gasteiger charge is -2.22. The molecule has 0 radical (unpaired) electrons. The van der Waals surface area contributed by atoms with E-state index in [2.05, 4.69) is 0 Å². The van der Waals surface area contributed by atoms with E-state index in [1.54, 1.807) is 30.3 Å². The summed E-state index contributed by atoms with van der Waals surface area (Å²) in [6, 6.07) is 7.59. The summed E-state index contributed by atoms with van der Waals surface area (Å²) in [6.45, 7) is 0.0144. The number of carbonyl (C=O) groups is 2. The van der Waals surface area contributed by atoms with Gasteiger partial charge in [0.25, 0.3) is 16.0 Å². The van der Waals surface area contributed by atoms with Crippen molar-refractivity contribution in [1.29, 1.82) is 0 Å². The minimum Gasteiger partial charge on any atom is -0.467 e. The third-order valence-electron chi connectivity index (χ3n) is 3.33. The molecule has 0 spiro atoms. The van der Waals surface area contributed by atoms with Crippen LogP contribution in [0.3, 0.4) is 0 Å². The van der Waals surface area contributed by atoms with E-state index in [-0.39, 0.29) is 18.9 Å². The molecule has 0 saturated carbocycles. The molecule has 0 bridgehead atoms. The molecule has 0 N–H and O–H groups in total. The second kappa shape index (κ2) is 6.45. The number of hydrogen-bond donors (Lipinski definition) is 0. The minimum atomic E-state index is -3.67. The molecule has 1 aliphatic rings. The lowest BCUT2D eigenvalue weighted by molar-refractivity contribution is -0.145. The summed E-state index contributed by atoms with van der Waals surface area (Å²) < 4.78 is 32.1. The number of rotatable bonds is 4. The molecule has 7 nitrogen and oxygen atoms in total. The van der Waals surface area contributed by atoms with Gasteiger partial charge in [-0.25, -0.2) is 4.79 Å². The smallest absolute Gasteiger partial charge is 0.328 e. The van der Waals surface area contributed by atoms with Crippen molar-refractivity contribution in [1.82, 2.24) is 4.90 Å². The predicted octanol–water partition coefficient (Wildman–Crippen LogP) is 0.419. The van der Waals surface area contributed by atoms with E-state index in [1.807, 2.05) is 0 Å². The number of nitrogens with zero attached hydrogens (tertiary/aromatic N) is 1. The van der Waals surface area contributed by atoms with Crippen molar-refractivity contribution in [3.63, 3.8) is 0 Å². The van der Waals surface area contributed by atoms with Crippen LogP contribution in [0, 0.1) is 0 Å². The lowest BCUT2D eigenvalue weighted by Crippen LogP contribution is -2.41. The molecule has 1 heterocycles. The maximum absolute atomic E-state index is 12.5. The van der Waals surface area contributed by atoms with Crippen LogP contribution in [0.25, 0.3) is 0 Å². The first kappa shape index (κ1) is 16.4. The topological polar surface area (TPSA) is 90.0 Å². The van der Waals surface area contributed by atoms with E-state index in [0.717, 1.165) is 6.26 Å².